The van der Waals surface area contributed by atoms with Crippen LogP contribution in [0.5, 0.6) is 5.75 Å². The van der Waals surface area contributed by atoms with Gasteiger partial charge in [-0.1, -0.05) is 91.1 Å². The highest BCUT2D eigenvalue weighted by Gasteiger charge is 2.32. The molecule has 0 radical (unpaired) electrons. The minimum absolute atomic E-state index is 0.0272. The predicted molar refractivity (Wildman–Crippen MR) is 180 cm³/mol. The standard InChI is InChI=1S/C36H35N5O6S/c1-2-18-45-36(44)37-21-25-4-3-5-29(19-25)26-10-12-28(13-11-26)34-46-32(20-33(47-34)27-8-6-24(22-42)7-9-27)23-48-35-38-39-40-41(35)30-14-16-31(43)17-15-30/h2-17,19,32-34,42-43H,1,18,20-23H2,(H,37,44). The summed E-state index contributed by atoms with van der Waals surface area (Å²) in [7, 11) is 0. The molecule has 4 aromatic carbocycles. The first-order valence-corrected chi connectivity index (χ1v) is 16.4. The smallest absolute Gasteiger partial charge is 0.407 e. The lowest BCUT2D eigenvalue weighted by Gasteiger charge is -2.36. The lowest BCUT2D eigenvalue weighted by Crippen LogP contribution is -2.31. The molecular weight excluding hydrogens is 630 g/mol. The van der Waals surface area contributed by atoms with Gasteiger partial charge in [0.1, 0.15) is 12.4 Å². The van der Waals surface area contributed by atoms with Crippen LogP contribution in [0, 0.1) is 0 Å². The van der Waals surface area contributed by atoms with Crippen molar-refractivity contribution in [3.05, 3.63) is 132 Å². The zero-order valence-corrected chi connectivity index (χ0v) is 26.8. The van der Waals surface area contributed by atoms with E-state index in [2.05, 4.69) is 27.4 Å². The number of aliphatic hydroxyl groups is 1. The first kappa shape index (κ1) is 32.9. The molecule has 5 aromatic rings. The average molecular weight is 666 g/mol. The minimum atomic E-state index is -0.619. The Hall–Kier alpha value is -5.01. The Kier molecular flexibility index (Phi) is 10.8. The molecule has 1 amide bonds. The Morgan fingerprint density at radius 2 is 1.75 bits per heavy atom. The molecular formula is C36H35N5O6S. The second-order valence-corrected chi connectivity index (χ2v) is 12.1. The molecule has 2 heterocycles. The van der Waals surface area contributed by atoms with Crippen LogP contribution in [0.25, 0.3) is 16.8 Å². The number of aromatic hydroxyl groups is 1. The summed E-state index contributed by atoms with van der Waals surface area (Å²) in [5, 5.41) is 34.8. The maximum atomic E-state index is 11.8. The number of hydrogen-bond acceptors (Lipinski definition) is 10. The first-order chi connectivity index (χ1) is 23.5. The van der Waals surface area contributed by atoms with Crippen LogP contribution >= 0.6 is 11.8 Å². The summed E-state index contributed by atoms with van der Waals surface area (Å²) < 4.78 is 19.7. The van der Waals surface area contributed by atoms with Crippen molar-refractivity contribution in [2.45, 2.75) is 43.2 Å². The van der Waals surface area contributed by atoms with Crippen LogP contribution < -0.4 is 5.32 Å². The summed E-state index contributed by atoms with van der Waals surface area (Å²) in [6, 6.07) is 30.5. The van der Waals surface area contributed by atoms with Crippen molar-refractivity contribution in [2.24, 2.45) is 0 Å². The average Bonchev–Trinajstić information content (AvgIpc) is 3.61. The lowest BCUT2D eigenvalue weighted by atomic mass is 9.99. The number of tetrazole rings is 1. The van der Waals surface area contributed by atoms with Crippen LogP contribution in [0.2, 0.25) is 0 Å². The molecule has 1 aliphatic heterocycles. The van der Waals surface area contributed by atoms with E-state index in [1.54, 1.807) is 28.9 Å². The molecule has 3 atom stereocenters. The van der Waals surface area contributed by atoms with E-state index >= 15 is 0 Å². The van der Waals surface area contributed by atoms with Crippen molar-refractivity contribution < 1.29 is 29.2 Å². The topological polar surface area (TPSA) is 141 Å². The molecule has 1 fully saturated rings. The minimum Gasteiger partial charge on any atom is -0.508 e. The molecule has 12 heteroatoms. The molecule has 1 aromatic heterocycles. The van der Waals surface area contributed by atoms with Gasteiger partial charge in [-0.05, 0) is 68.6 Å². The van der Waals surface area contributed by atoms with Gasteiger partial charge in [-0.3, -0.25) is 0 Å². The number of amides is 1. The number of nitrogens with one attached hydrogen (secondary N) is 1. The van der Waals surface area contributed by atoms with Gasteiger partial charge in [0.15, 0.2) is 6.29 Å². The molecule has 11 nitrogen and oxygen atoms in total. The second kappa shape index (κ2) is 15.7. The molecule has 3 unspecified atom stereocenters. The van der Waals surface area contributed by atoms with Gasteiger partial charge in [0.05, 0.1) is 24.5 Å². The molecule has 6 rings (SSSR count). The van der Waals surface area contributed by atoms with Crippen LogP contribution in [0.3, 0.4) is 0 Å². The number of benzene rings is 4. The van der Waals surface area contributed by atoms with Gasteiger partial charge in [-0.15, -0.1) is 5.10 Å². The van der Waals surface area contributed by atoms with Crippen molar-refractivity contribution in [1.82, 2.24) is 25.5 Å². The molecule has 0 saturated carbocycles. The van der Waals surface area contributed by atoms with Crippen molar-refractivity contribution in [3.63, 3.8) is 0 Å². The second-order valence-electron chi connectivity index (χ2n) is 11.1. The summed E-state index contributed by atoms with van der Waals surface area (Å²) in [4.78, 5) is 11.8. The van der Waals surface area contributed by atoms with Crippen LogP contribution in [-0.2, 0) is 27.4 Å². The van der Waals surface area contributed by atoms with Gasteiger partial charge in [-0.2, -0.15) is 4.68 Å². The Balaban J connectivity index is 1.17. The summed E-state index contributed by atoms with van der Waals surface area (Å²) in [6.45, 7) is 4.02. The van der Waals surface area contributed by atoms with Crippen molar-refractivity contribution in [1.29, 1.82) is 0 Å². The zero-order chi connectivity index (χ0) is 33.3. The SMILES string of the molecule is C=CCOC(=O)NCc1cccc(-c2ccc(C3OC(CSc4nnnn4-c4ccc(O)cc4)CC(c4ccc(CO)cc4)O3)cc2)c1. The van der Waals surface area contributed by atoms with Gasteiger partial charge < -0.3 is 29.7 Å². The highest BCUT2D eigenvalue weighted by atomic mass is 32.2. The van der Waals surface area contributed by atoms with Crippen LogP contribution in [0.1, 0.15) is 41.1 Å². The van der Waals surface area contributed by atoms with E-state index in [9.17, 15) is 15.0 Å². The Morgan fingerprint density at radius 3 is 2.50 bits per heavy atom. The van der Waals surface area contributed by atoms with E-state index in [-0.39, 0.29) is 31.2 Å². The van der Waals surface area contributed by atoms with Gasteiger partial charge in [0.25, 0.3) is 0 Å². The summed E-state index contributed by atoms with van der Waals surface area (Å²) >= 11 is 1.48. The molecule has 48 heavy (non-hydrogen) atoms. The van der Waals surface area contributed by atoms with E-state index in [0.717, 1.165) is 39.1 Å². The van der Waals surface area contributed by atoms with Crippen molar-refractivity contribution in [2.75, 3.05) is 12.4 Å². The van der Waals surface area contributed by atoms with E-state index < -0.39 is 12.4 Å². The molecule has 0 bridgehead atoms. The number of alkyl carbamates (subject to hydrolysis) is 1. The molecule has 246 valence electrons. The number of aliphatic hydroxyl groups excluding tert-OH is 1. The molecule has 3 N–H and O–H groups in total. The number of aromatic nitrogens is 4. The fraction of sp³-hybridized carbons (Fsp3) is 0.222. The number of rotatable bonds is 12. The Labute approximate surface area is 282 Å². The third kappa shape index (κ3) is 8.28. The van der Waals surface area contributed by atoms with Crippen molar-refractivity contribution in [3.8, 4) is 22.6 Å². The number of nitrogens with zero attached hydrogens (tertiary/aromatic N) is 4. The number of phenolic OH excluding ortho intramolecular Hbond substituents is 1. The number of carbonyl (C=O) groups is 1. The number of carbonyl (C=O) groups excluding carboxylic acids is 1. The van der Waals surface area contributed by atoms with Gasteiger partial charge in [0, 0.05) is 24.3 Å². The molecule has 1 saturated heterocycles. The maximum Gasteiger partial charge on any atom is 0.407 e. The molecule has 0 aliphatic carbocycles. The predicted octanol–water partition coefficient (Wildman–Crippen LogP) is 6.28. The largest absolute Gasteiger partial charge is 0.508 e. The third-order valence-electron chi connectivity index (χ3n) is 7.76. The lowest BCUT2D eigenvalue weighted by molar-refractivity contribution is -0.245. The number of hydrogen-bond donors (Lipinski definition) is 3. The maximum absolute atomic E-state index is 11.8. The zero-order valence-electron chi connectivity index (χ0n) is 26.0. The van der Waals surface area contributed by atoms with E-state index in [4.69, 9.17) is 14.2 Å². The molecule has 1 aliphatic rings. The fourth-order valence-corrected chi connectivity index (χ4v) is 6.18. The van der Waals surface area contributed by atoms with Gasteiger partial charge in [0.2, 0.25) is 5.16 Å². The van der Waals surface area contributed by atoms with Gasteiger partial charge in [-0.25, -0.2) is 4.79 Å². The monoisotopic (exact) mass is 665 g/mol. The third-order valence-corrected chi connectivity index (χ3v) is 8.81. The normalized spacial score (nSPS) is 17.5. The number of ether oxygens (including phenoxy) is 3. The van der Waals surface area contributed by atoms with Crippen LogP contribution in [0.15, 0.2) is 115 Å². The van der Waals surface area contributed by atoms with E-state index in [1.165, 1.54) is 17.8 Å². The molecule has 0 spiro atoms. The number of phenols is 1. The van der Waals surface area contributed by atoms with Gasteiger partial charge >= 0.3 is 6.09 Å². The summed E-state index contributed by atoms with van der Waals surface area (Å²) in [5.41, 5.74) is 6.41. The quantitative estimate of drug-likeness (QED) is 0.103. The number of thioether (sulfide) groups is 1. The van der Waals surface area contributed by atoms with Crippen LogP contribution in [0.4, 0.5) is 4.79 Å². The Bertz CT molecular complexity index is 1810. The summed E-state index contributed by atoms with van der Waals surface area (Å²) in [6.07, 6.45) is 0.593. The van der Waals surface area contributed by atoms with E-state index in [1.807, 2.05) is 72.8 Å². The van der Waals surface area contributed by atoms with E-state index in [0.29, 0.717) is 23.9 Å². The first-order valence-electron chi connectivity index (χ1n) is 15.4. The summed E-state index contributed by atoms with van der Waals surface area (Å²) in [5.74, 6) is 0.738. The Morgan fingerprint density at radius 1 is 0.979 bits per heavy atom. The fourth-order valence-electron chi connectivity index (χ4n) is 5.27. The highest BCUT2D eigenvalue weighted by Crippen LogP contribution is 2.40. The van der Waals surface area contributed by atoms with Crippen molar-refractivity contribution >= 4 is 17.9 Å². The van der Waals surface area contributed by atoms with Crippen LogP contribution in [-0.4, -0.2) is 55.0 Å². The highest BCUT2D eigenvalue weighted by molar-refractivity contribution is 7.99.